The van der Waals surface area contributed by atoms with Crippen molar-refractivity contribution in [3.05, 3.63) is 24.3 Å². The molecule has 22 heavy (non-hydrogen) atoms. The molecule has 3 saturated carbocycles. The smallest absolute Gasteiger partial charge is 0.104 e. The minimum Gasteiger partial charge on any atom is -0.247 e. The van der Waals surface area contributed by atoms with Crippen LogP contribution in [0.25, 0.3) is 0 Å². The summed E-state index contributed by atoms with van der Waals surface area (Å²) in [6, 6.07) is 0. The summed E-state index contributed by atoms with van der Waals surface area (Å²) in [7, 11) is 0. The lowest BCUT2D eigenvalue weighted by atomic mass is 9.46. The number of fused-ring (bicyclic) bond motifs is 5. The first-order valence-electron chi connectivity index (χ1n) is 9.51. The molecule has 0 spiro atoms. The molecule has 0 radical (unpaired) electrons. The second kappa shape index (κ2) is 4.95. The van der Waals surface area contributed by atoms with Gasteiger partial charge in [-0.15, -0.1) is 0 Å². The van der Waals surface area contributed by atoms with Crippen LogP contribution in [0, 0.1) is 40.4 Å². The predicted molar refractivity (Wildman–Crippen MR) is 90.2 cm³/mol. The number of alkyl halides is 1. The molecular weight excluding hydrogens is 271 g/mol. The molecule has 4 aliphatic rings. The van der Waals surface area contributed by atoms with E-state index in [4.69, 9.17) is 0 Å². The van der Waals surface area contributed by atoms with Crippen LogP contribution in [0.4, 0.5) is 4.39 Å². The van der Waals surface area contributed by atoms with Gasteiger partial charge in [-0.1, -0.05) is 51.5 Å². The van der Waals surface area contributed by atoms with Crippen LogP contribution >= 0.6 is 0 Å². The quantitative estimate of drug-likeness (QED) is 0.562. The fraction of sp³-hybridized carbons (Fsp3) is 0.810. The Balaban J connectivity index is 1.71. The molecule has 0 aromatic heterocycles. The van der Waals surface area contributed by atoms with Gasteiger partial charge < -0.3 is 0 Å². The molecule has 122 valence electrons. The van der Waals surface area contributed by atoms with Gasteiger partial charge in [-0.3, -0.25) is 0 Å². The standard InChI is InChI=1S/C21H31F/c1-4-14-8-9-16-19-17(10-12-21(14,16)3)20(2)11-6-5-7-15(20)13-18(19)22/h5-7,11,14-19H,4,8-10,12-13H2,1-3H3/t14-,15?,16-,17-,18+,19-,20-,21+/m0/s1. The molecule has 0 saturated heterocycles. The Morgan fingerprint density at radius 2 is 1.91 bits per heavy atom. The van der Waals surface area contributed by atoms with Gasteiger partial charge >= 0.3 is 0 Å². The first-order chi connectivity index (χ1) is 10.5. The molecule has 3 fully saturated rings. The van der Waals surface area contributed by atoms with Crippen molar-refractivity contribution in [3.8, 4) is 0 Å². The molecule has 0 nitrogen and oxygen atoms in total. The molecule has 0 aromatic rings. The molecule has 0 aromatic carbocycles. The SMILES string of the molecule is CC[C@H]1CC[C@H]2[C@@H]3[C@H](F)CC4C=CC=C[C@]4(C)[C@H]3CC[C@]12C. The molecule has 8 atom stereocenters. The maximum Gasteiger partial charge on any atom is 0.104 e. The van der Waals surface area contributed by atoms with E-state index in [-0.39, 0.29) is 5.41 Å². The fourth-order valence-electron chi connectivity index (χ4n) is 7.13. The number of halogens is 1. The highest BCUT2D eigenvalue weighted by Gasteiger charge is 2.61. The van der Waals surface area contributed by atoms with E-state index < -0.39 is 6.17 Å². The summed E-state index contributed by atoms with van der Waals surface area (Å²) in [5.74, 6) is 2.74. The van der Waals surface area contributed by atoms with Crippen LogP contribution in [-0.4, -0.2) is 6.17 Å². The van der Waals surface area contributed by atoms with Crippen LogP contribution in [0.2, 0.25) is 0 Å². The summed E-state index contributed by atoms with van der Waals surface area (Å²) < 4.78 is 15.2. The van der Waals surface area contributed by atoms with Crippen molar-refractivity contribution >= 4 is 0 Å². The van der Waals surface area contributed by atoms with Crippen LogP contribution in [0.3, 0.4) is 0 Å². The Labute approximate surface area is 135 Å². The maximum absolute atomic E-state index is 15.2. The first kappa shape index (κ1) is 15.0. The van der Waals surface area contributed by atoms with Gasteiger partial charge in [-0.05, 0) is 72.5 Å². The third-order valence-corrected chi connectivity index (χ3v) is 8.43. The van der Waals surface area contributed by atoms with Crippen LogP contribution in [0.5, 0.6) is 0 Å². The number of hydrogen-bond acceptors (Lipinski definition) is 0. The number of hydrogen-bond donors (Lipinski definition) is 0. The zero-order chi connectivity index (χ0) is 15.5. The average Bonchev–Trinajstić information content (AvgIpc) is 2.84. The van der Waals surface area contributed by atoms with Crippen LogP contribution < -0.4 is 0 Å². The van der Waals surface area contributed by atoms with E-state index in [0.29, 0.717) is 29.1 Å². The molecular formula is C21H31F. The fourth-order valence-corrected chi connectivity index (χ4v) is 7.13. The third-order valence-electron chi connectivity index (χ3n) is 8.43. The van der Waals surface area contributed by atoms with Crippen molar-refractivity contribution in [2.24, 2.45) is 40.4 Å². The number of rotatable bonds is 1. The minimum atomic E-state index is -0.584. The van der Waals surface area contributed by atoms with E-state index in [2.05, 4.69) is 45.1 Å². The summed E-state index contributed by atoms with van der Waals surface area (Å²) in [5.41, 5.74) is 0.616. The average molecular weight is 302 g/mol. The van der Waals surface area contributed by atoms with Gasteiger partial charge in [0, 0.05) is 0 Å². The van der Waals surface area contributed by atoms with Gasteiger partial charge in [-0.2, -0.15) is 0 Å². The summed E-state index contributed by atoms with van der Waals surface area (Å²) in [4.78, 5) is 0. The third kappa shape index (κ3) is 1.80. The van der Waals surface area contributed by atoms with Gasteiger partial charge in [0.1, 0.15) is 6.17 Å². The van der Waals surface area contributed by atoms with Crippen molar-refractivity contribution in [1.82, 2.24) is 0 Å². The Morgan fingerprint density at radius 1 is 1.09 bits per heavy atom. The van der Waals surface area contributed by atoms with E-state index in [1.165, 1.54) is 32.1 Å². The summed E-state index contributed by atoms with van der Waals surface area (Å²) in [6.45, 7) is 7.24. The van der Waals surface area contributed by atoms with Gasteiger partial charge in [0.25, 0.3) is 0 Å². The second-order valence-corrected chi connectivity index (χ2v) is 8.99. The molecule has 0 N–H and O–H groups in total. The predicted octanol–water partition coefficient (Wildman–Crippen LogP) is 5.95. The van der Waals surface area contributed by atoms with E-state index >= 15 is 4.39 Å². The van der Waals surface area contributed by atoms with Crippen LogP contribution in [-0.2, 0) is 0 Å². The zero-order valence-corrected chi connectivity index (χ0v) is 14.4. The van der Waals surface area contributed by atoms with E-state index in [9.17, 15) is 0 Å². The van der Waals surface area contributed by atoms with Gasteiger partial charge in [0.05, 0.1) is 0 Å². The maximum atomic E-state index is 15.2. The highest BCUT2D eigenvalue weighted by atomic mass is 19.1. The van der Waals surface area contributed by atoms with Crippen molar-refractivity contribution in [2.45, 2.75) is 65.5 Å². The summed E-state index contributed by atoms with van der Waals surface area (Å²) >= 11 is 0. The molecule has 1 unspecified atom stereocenters. The molecule has 4 aliphatic carbocycles. The Hall–Kier alpha value is -0.590. The van der Waals surface area contributed by atoms with E-state index in [1.54, 1.807) is 0 Å². The van der Waals surface area contributed by atoms with Crippen molar-refractivity contribution in [3.63, 3.8) is 0 Å². The van der Waals surface area contributed by atoms with Crippen molar-refractivity contribution in [1.29, 1.82) is 0 Å². The molecule has 0 amide bonds. The van der Waals surface area contributed by atoms with E-state index in [1.807, 2.05) is 0 Å². The van der Waals surface area contributed by atoms with Gasteiger partial charge in [0.15, 0.2) is 0 Å². The van der Waals surface area contributed by atoms with E-state index in [0.717, 1.165) is 12.3 Å². The lowest BCUT2D eigenvalue weighted by Crippen LogP contribution is -2.55. The normalized spacial score (nSPS) is 56.4. The van der Waals surface area contributed by atoms with Crippen molar-refractivity contribution in [2.75, 3.05) is 0 Å². The molecule has 0 bridgehead atoms. The molecule has 4 rings (SSSR count). The highest BCUT2D eigenvalue weighted by molar-refractivity contribution is 5.24. The first-order valence-corrected chi connectivity index (χ1v) is 9.51. The summed E-state index contributed by atoms with van der Waals surface area (Å²) in [5, 5.41) is 0. The topological polar surface area (TPSA) is 0 Å². The molecule has 0 heterocycles. The zero-order valence-electron chi connectivity index (χ0n) is 14.4. The largest absolute Gasteiger partial charge is 0.247 e. The highest BCUT2D eigenvalue weighted by Crippen LogP contribution is 2.66. The Bertz CT molecular complexity index is 506. The van der Waals surface area contributed by atoms with Crippen molar-refractivity contribution < 1.29 is 4.39 Å². The van der Waals surface area contributed by atoms with Crippen LogP contribution in [0.15, 0.2) is 24.3 Å². The van der Waals surface area contributed by atoms with Crippen LogP contribution in [0.1, 0.15) is 59.3 Å². The monoisotopic (exact) mass is 302 g/mol. The minimum absolute atomic E-state index is 0.202. The lowest BCUT2D eigenvalue weighted by Gasteiger charge is -2.59. The second-order valence-electron chi connectivity index (χ2n) is 8.99. The lowest BCUT2D eigenvalue weighted by molar-refractivity contribution is -0.105. The Morgan fingerprint density at radius 3 is 2.68 bits per heavy atom. The summed E-state index contributed by atoms with van der Waals surface area (Å²) in [6.07, 6.45) is 15.7. The Kier molecular flexibility index (Phi) is 3.37. The molecule has 0 aliphatic heterocycles. The van der Waals surface area contributed by atoms with Gasteiger partial charge in [0.2, 0.25) is 0 Å². The number of allylic oxidation sites excluding steroid dienone is 4. The van der Waals surface area contributed by atoms with Gasteiger partial charge in [-0.25, -0.2) is 4.39 Å². The molecule has 1 heteroatoms.